The van der Waals surface area contributed by atoms with Crippen molar-refractivity contribution in [1.29, 1.82) is 0 Å². The van der Waals surface area contributed by atoms with Gasteiger partial charge in [-0.1, -0.05) is 11.6 Å². The minimum atomic E-state index is 0.191. The van der Waals surface area contributed by atoms with Crippen molar-refractivity contribution in [3.05, 3.63) is 17.3 Å². The predicted molar refractivity (Wildman–Crippen MR) is 56.1 cm³/mol. The third-order valence-electron chi connectivity index (χ3n) is 2.30. The average Bonchev–Trinajstić information content (AvgIpc) is 2.30. The lowest BCUT2D eigenvalue weighted by atomic mass is 10.1. The van der Waals surface area contributed by atoms with Gasteiger partial charge in [0.05, 0.1) is 6.10 Å². The average molecular weight is 229 g/mol. The fourth-order valence-corrected chi connectivity index (χ4v) is 1.60. The van der Waals surface area contributed by atoms with Crippen LogP contribution in [0.15, 0.2) is 12.1 Å². The maximum absolute atomic E-state index is 5.61. The molecule has 4 nitrogen and oxygen atoms in total. The van der Waals surface area contributed by atoms with E-state index in [2.05, 4.69) is 10.2 Å². The van der Waals surface area contributed by atoms with Crippen molar-refractivity contribution in [3.8, 4) is 5.88 Å². The summed E-state index contributed by atoms with van der Waals surface area (Å²) in [4.78, 5) is 0. The van der Waals surface area contributed by atoms with E-state index in [9.17, 15) is 0 Å². The molecule has 1 atom stereocenters. The Hall–Kier alpha value is -0.870. The Morgan fingerprint density at radius 1 is 1.40 bits per heavy atom. The summed E-state index contributed by atoms with van der Waals surface area (Å²) in [5.74, 6) is 0.494. The molecule has 0 bridgehead atoms. The number of hydrogen-bond acceptors (Lipinski definition) is 4. The lowest BCUT2D eigenvalue weighted by molar-refractivity contribution is -0.0121. The van der Waals surface area contributed by atoms with Gasteiger partial charge in [0.15, 0.2) is 5.15 Å². The SMILES string of the molecule is Clc1ccc(OCC2CCCCO2)nn1. The van der Waals surface area contributed by atoms with Gasteiger partial charge in [-0.3, -0.25) is 0 Å². The molecule has 0 saturated carbocycles. The molecule has 82 valence electrons. The molecule has 2 heterocycles. The van der Waals surface area contributed by atoms with Gasteiger partial charge in [0.25, 0.3) is 0 Å². The van der Waals surface area contributed by atoms with E-state index in [1.165, 1.54) is 6.42 Å². The molecule has 5 heteroatoms. The van der Waals surface area contributed by atoms with Crippen LogP contribution >= 0.6 is 11.6 Å². The minimum absolute atomic E-state index is 0.191. The van der Waals surface area contributed by atoms with Gasteiger partial charge in [-0.2, -0.15) is 0 Å². The molecule has 1 aromatic rings. The second-order valence-corrected chi connectivity index (χ2v) is 3.88. The fraction of sp³-hybridized carbons (Fsp3) is 0.600. The molecule has 1 aliphatic rings. The van der Waals surface area contributed by atoms with Crippen molar-refractivity contribution < 1.29 is 9.47 Å². The lowest BCUT2D eigenvalue weighted by Crippen LogP contribution is -2.26. The Bertz CT molecular complexity index is 299. The van der Waals surface area contributed by atoms with Crippen LogP contribution in [-0.2, 0) is 4.74 Å². The molecule has 15 heavy (non-hydrogen) atoms. The number of hydrogen-bond donors (Lipinski definition) is 0. The van der Waals surface area contributed by atoms with Crippen LogP contribution in [0.3, 0.4) is 0 Å². The van der Waals surface area contributed by atoms with Crippen molar-refractivity contribution in [3.63, 3.8) is 0 Å². The smallest absolute Gasteiger partial charge is 0.233 e. The van der Waals surface area contributed by atoms with Gasteiger partial charge >= 0.3 is 0 Å². The van der Waals surface area contributed by atoms with Crippen LogP contribution in [0.5, 0.6) is 5.88 Å². The molecular weight excluding hydrogens is 216 g/mol. The number of halogens is 1. The quantitative estimate of drug-likeness (QED) is 0.795. The van der Waals surface area contributed by atoms with E-state index in [4.69, 9.17) is 21.1 Å². The monoisotopic (exact) mass is 228 g/mol. The normalized spacial score (nSPS) is 21.3. The van der Waals surface area contributed by atoms with E-state index < -0.39 is 0 Å². The molecule has 0 N–H and O–H groups in total. The first-order chi connectivity index (χ1) is 7.34. The zero-order valence-electron chi connectivity index (χ0n) is 8.36. The number of rotatable bonds is 3. The van der Waals surface area contributed by atoms with Crippen LogP contribution in [0.25, 0.3) is 0 Å². The number of aromatic nitrogens is 2. The van der Waals surface area contributed by atoms with Gasteiger partial charge in [0.1, 0.15) is 6.61 Å². The first-order valence-electron chi connectivity index (χ1n) is 5.08. The molecular formula is C10H13ClN2O2. The van der Waals surface area contributed by atoms with Gasteiger partial charge in [-0.05, 0) is 25.3 Å². The maximum atomic E-state index is 5.61. The molecule has 1 aromatic heterocycles. The summed E-state index contributed by atoms with van der Waals surface area (Å²) < 4.78 is 11.0. The third kappa shape index (κ3) is 3.32. The summed E-state index contributed by atoms with van der Waals surface area (Å²) in [6.07, 6.45) is 3.61. The van der Waals surface area contributed by atoms with Crippen LogP contribution in [0, 0.1) is 0 Å². The van der Waals surface area contributed by atoms with Crippen LogP contribution in [0.1, 0.15) is 19.3 Å². The Kier molecular flexibility index (Phi) is 3.75. The van der Waals surface area contributed by atoms with E-state index in [1.807, 2.05) is 0 Å². The van der Waals surface area contributed by atoms with Crippen molar-refractivity contribution in [2.24, 2.45) is 0 Å². The summed E-state index contributed by atoms with van der Waals surface area (Å²) in [5.41, 5.74) is 0. The van der Waals surface area contributed by atoms with Crippen molar-refractivity contribution >= 4 is 11.6 Å². The van der Waals surface area contributed by atoms with Gasteiger partial charge in [-0.15, -0.1) is 10.2 Å². The van der Waals surface area contributed by atoms with Gasteiger partial charge in [0.2, 0.25) is 5.88 Å². The summed E-state index contributed by atoms with van der Waals surface area (Å²) >= 11 is 5.61. The van der Waals surface area contributed by atoms with E-state index in [0.29, 0.717) is 17.6 Å². The molecule has 1 saturated heterocycles. The highest BCUT2D eigenvalue weighted by Gasteiger charge is 2.14. The minimum Gasteiger partial charge on any atom is -0.474 e. The number of nitrogens with zero attached hydrogens (tertiary/aromatic N) is 2. The maximum Gasteiger partial charge on any atom is 0.233 e. The van der Waals surface area contributed by atoms with Crippen LogP contribution in [0.4, 0.5) is 0 Å². The summed E-state index contributed by atoms with van der Waals surface area (Å²) in [5, 5.41) is 7.87. The molecule has 1 fully saturated rings. The van der Waals surface area contributed by atoms with E-state index in [0.717, 1.165) is 19.4 Å². The standard InChI is InChI=1S/C10H13ClN2O2/c11-9-4-5-10(13-12-9)15-7-8-3-1-2-6-14-8/h4-5,8H,1-3,6-7H2. The van der Waals surface area contributed by atoms with Crippen molar-refractivity contribution in [2.75, 3.05) is 13.2 Å². The van der Waals surface area contributed by atoms with Crippen molar-refractivity contribution in [1.82, 2.24) is 10.2 Å². The molecule has 0 aromatic carbocycles. The Morgan fingerprint density at radius 3 is 3.00 bits per heavy atom. The van der Waals surface area contributed by atoms with Crippen molar-refractivity contribution in [2.45, 2.75) is 25.4 Å². The summed E-state index contributed by atoms with van der Waals surface area (Å²) in [6.45, 7) is 1.37. The first-order valence-corrected chi connectivity index (χ1v) is 5.46. The van der Waals surface area contributed by atoms with Crippen LogP contribution in [0.2, 0.25) is 5.15 Å². The van der Waals surface area contributed by atoms with Gasteiger partial charge < -0.3 is 9.47 Å². The Morgan fingerprint density at radius 2 is 2.33 bits per heavy atom. The topological polar surface area (TPSA) is 44.2 Å². The van der Waals surface area contributed by atoms with Gasteiger partial charge in [-0.25, -0.2) is 0 Å². The Labute approximate surface area is 93.6 Å². The predicted octanol–water partition coefficient (Wildman–Crippen LogP) is 2.08. The number of ether oxygens (including phenoxy) is 2. The molecule has 0 aliphatic carbocycles. The van der Waals surface area contributed by atoms with Crippen LogP contribution < -0.4 is 4.74 Å². The lowest BCUT2D eigenvalue weighted by Gasteiger charge is -2.22. The Balaban J connectivity index is 1.79. The first kappa shape index (κ1) is 10.6. The highest BCUT2D eigenvalue weighted by Crippen LogP contribution is 2.14. The van der Waals surface area contributed by atoms with Gasteiger partial charge in [0, 0.05) is 12.7 Å². The second kappa shape index (κ2) is 5.28. The molecule has 1 aliphatic heterocycles. The summed E-state index contributed by atoms with van der Waals surface area (Å²) in [7, 11) is 0. The molecule has 0 amide bonds. The van der Waals surface area contributed by atoms with E-state index >= 15 is 0 Å². The highest BCUT2D eigenvalue weighted by atomic mass is 35.5. The van der Waals surface area contributed by atoms with Crippen LogP contribution in [-0.4, -0.2) is 29.5 Å². The highest BCUT2D eigenvalue weighted by molar-refractivity contribution is 6.29. The zero-order chi connectivity index (χ0) is 10.5. The molecule has 0 spiro atoms. The fourth-order valence-electron chi connectivity index (χ4n) is 1.50. The summed E-state index contributed by atoms with van der Waals surface area (Å²) in [6, 6.07) is 3.36. The zero-order valence-corrected chi connectivity index (χ0v) is 9.11. The molecule has 0 radical (unpaired) electrons. The second-order valence-electron chi connectivity index (χ2n) is 3.49. The molecule has 2 rings (SSSR count). The third-order valence-corrected chi connectivity index (χ3v) is 2.50. The van der Waals surface area contributed by atoms with E-state index in [1.54, 1.807) is 12.1 Å². The van der Waals surface area contributed by atoms with E-state index in [-0.39, 0.29) is 6.10 Å². The largest absolute Gasteiger partial charge is 0.474 e. The molecule has 1 unspecified atom stereocenters.